The Bertz CT molecular complexity index is 1540. The summed E-state index contributed by atoms with van der Waals surface area (Å²) in [5.74, 6) is 1.43. The number of hydrogen-bond acceptors (Lipinski definition) is 6. The molecule has 160 valence electrons. The molecule has 0 fully saturated rings. The molecule has 0 aliphatic carbocycles. The van der Waals surface area contributed by atoms with Crippen LogP contribution in [-0.2, 0) is 0 Å². The van der Waals surface area contributed by atoms with Crippen LogP contribution in [0.25, 0.3) is 22.3 Å². The molecule has 0 saturated carbocycles. The van der Waals surface area contributed by atoms with Crippen molar-refractivity contribution < 1.29 is 0 Å². The molecule has 7 rings (SSSR count). The molecule has 0 N–H and O–H groups in total. The van der Waals surface area contributed by atoms with E-state index in [9.17, 15) is 0 Å². The van der Waals surface area contributed by atoms with E-state index in [0.717, 1.165) is 33.8 Å². The zero-order valence-corrected chi connectivity index (χ0v) is 18.1. The van der Waals surface area contributed by atoms with Crippen LogP contribution in [0.4, 0.5) is 34.4 Å². The predicted molar refractivity (Wildman–Crippen MR) is 136 cm³/mol. The van der Waals surface area contributed by atoms with Gasteiger partial charge in [-0.2, -0.15) is 0 Å². The summed E-state index contributed by atoms with van der Waals surface area (Å²) in [5.41, 5.74) is 6.69. The number of para-hydroxylation sites is 6. The molecular weight excluding hydrogens is 420 g/mol. The third-order valence-electron chi connectivity index (χ3n) is 5.97. The van der Waals surface area contributed by atoms with Gasteiger partial charge < -0.3 is 0 Å². The summed E-state index contributed by atoms with van der Waals surface area (Å²) in [6.07, 6.45) is 0. The smallest absolute Gasteiger partial charge is 0.200 e. The molecule has 0 radical (unpaired) electrons. The zero-order chi connectivity index (χ0) is 22.5. The van der Waals surface area contributed by atoms with Gasteiger partial charge in [0.2, 0.25) is 11.3 Å². The number of hydrogen-bond donors (Lipinski definition) is 0. The van der Waals surface area contributed by atoms with Gasteiger partial charge in [-0.25, -0.2) is 19.9 Å². The lowest BCUT2D eigenvalue weighted by Gasteiger charge is -2.38. The van der Waals surface area contributed by atoms with Gasteiger partial charge in [0.05, 0.1) is 22.4 Å². The highest BCUT2D eigenvalue weighted by molar-refractivity contribution is 6.00. The standard InChI is InChI=1S/C28H18N6/c1-3-11-19(12-4-1)33-23-17-9-10-18-24(23)34(20-13-5-2-6-14-20)28-27(33)31-25-26(32-28)30-22-16-8-7-15-21(22)29-25/h1-18H. The van der Waals surface area contributed by atoms with Crippen LogP contribution in [0.3, 0.4) is 0 Å². The molecular formula is C28H18N6. The average Bonchev–Trinajstić information content (AvgIpc) is 2.90. The summed E-state index contributed by atoms with van der Waals surface area (Å²) in [5, 5.41) is 0. The molecule has 6 aromatic rings. The maximum Gasteiger partial charge on any atom is 0.200 e. The fraction of sp³-hybridized carbons (Fsp3) is 0. The zero-order valence-electron chi connectivity index (χ0n) is 18.1. The molecule has 0 bridgehead atoms. The molecule has 0 unspecified atom stereocenters. The molecule has 0 spiro atoms. The predicted octanol–water partition coefficient (Wildman–Crippen LogP) is 6.83. The largest absolute Gasteiger partial charge is 0.290 e. The Morgan fingerprint density at radius 3 is 1.21 bits per heavy atom. The first-order valence-electron chi connectivity index (χ1n) is 11.1. The van der Waals surface area contributed by atoms with Gasteiger partial charge in [-0.05, 0) is 48.5 Å². The maximum absolute atomic E-state index is 5.05. The second kappa shape index (κ2) is 7.35. The van der Waals surface area contributed by atoms with Crippen LogP contribution < -0.4 is 9.80 Å². The van der Waals surface area contributed by atoms with E-state index in [0.29, 0.717) is 22.9 Å². The number of benzene rings is 4. The number of rotatable bonds is 2. The second-order valence-electron chi connectivity index (χ2n) is 8.06. The van der Waals surface area contributed by atoms with Crippen LogP contribution in [0.5, 0.6) is 0 Å². The number of fused-ring (bicyclic) bond motifs is 4. The molecule has 1 aliphatic heterocycles. The van der Waals surface area contributed by atoms with Crippen LogP contribution in [0.2, 0.25) is 0 Å². The Labute approximate surface area is 195 Å². The van der Waals surface area contributed by atoms with Crippen molar-refractivity contribution in [3.8, 4) is 0 Å². The first-order chi connectivity index (χ1) is 16.9. The molecule has 0 atom stereocenters. The van der Waals surface area contributed by atoms with Gasteiger partial charge >= 0.3 is 0 Å². The van der Waals surface area contributed by atoms with E-state index in [4.69, 9.17) is 19.9 Å². The van der Waals surface area contributed by atoms with Gasteiger partial charge in [-0.3, -0.25) is 9.80 Å². The fourth-order valence-electron chi connectivity index (χ4n) is 4.48. The number of nitrogens with zero attached hydrogens (tertiary/aromatic N) is 6. The number of aromatic nitrogens is 4. The Hall–Kier alpha value is -4.84. The highest BCUT2D eigenvalue weighted by atomic mass is 15.3. The van der Waals surface area contributed by atoms with E-state index < -0.39 is 0 Å². The lowest BCUT2D eigenvalue weighted by atomic mass is 10.1. The summed E-state index contributed by atoms with van der Waals surface area (Å²) in [6, 6.07) is 36.6. The van der Waals surface area contributed by atoms with Gasteiger partial charge in [-0.1, -0.05) is 60.7 Å². The quantitative estimate of drug-likeness (QED) is 0.276. The Balaban J connectivity index is 1.58. The SMILES string of the molecule is c1ccc(N2c3ccccc3N(c3ccccc3)c3nc4nc5ccccc5nc4nc32)cc1. The minimum Gasteiger partial charge on any atom is -0.290 e. The van der Waals surface area contributed by atoms with Crippen LogP contribution >= 0.6 is 0 Å². The van der Waals surface area contributed by atoms with Gasteiger partial charge in [0.15, 0.2) is 11.6 Å². The van der Waals surface area contributed by atoms with Crippen molar-refractivity contribution >= 4 is 56.7 Å². The van der Waals surface area contributed by atoms with Crippen molar-refractivity contribution in [1.29, 1.82) is 0 Å². The molecule has 2 aromatic heterocycles. The Morgan fingerprint density at radius 2 is 0.765 bits per heavy atom. The molecule has 4 aromatic carbocycles. The minimum atomic E-state index is 0.519. The van der Waals surface area contributed by atoms with Crippen molar-refractivity contribution in [2.45, 2.75) is 0 Å². The number of anilines is 6. The fourth-order valence-corrected chi connectivity index (χ4v) is 4.48. The van der Waals surface area contributed by atoms with Crippen molar-refractivity contribution in [2.24, 2.45) is 0 Å². The summed E-state index contributed by atoms with van der Waals surface area (Å²) in [6.45, 7) is 0. The normalized spacial score (nSPS) is 12.6. The Kier molecular flexibility index (Phi) is 4.04. The first kappa shape index (κ1) is 18.7. The van der Waals surface area contributed by atoms with Gasteiger partial charge in [0.1, 0.15) is 0 Å². The van der Waals surface area contributed by atoms with Crippen molar-refractivity contribution in [2.75, 3.05) is 9.80 Å². The maximum atomic E-state index is 5.05. The Morgan fingerprint density at radius 1 is 0.382 bits per heavy atom. The summed E-state index contributed by atoms with van der Waals surface area (Å²) >= 11 is 0. The van der Waals surface area contributed by atoms with E-state index in [1.54, 1.807) is 0 Å². The van der Waals surface area contributed by atoms with Gasteiger partial charge in [0, 0.05) is 11.4 Å². The van der Waals surface area contributed by atoms with Crippen molar-refractivity contribution in [3.05, 3.63) is 109 Å². The molecule has 34 heavy (non-hydrogen) atoms. The topological polar surface area (TPSA) is 58.0 Å². The molecule has 0 amide bonds. The molecule has 6 nitrogen and oxygen atoms in total. The van der Waals surface area contributed by atoms with Crippen LogP contribution in [0.15, 0.2) is 109 Å². The van der Waals surface area contributed by atoms with Crippen molar-refractivity contribution in [3.63, 3.8) is 0 Å². The van der Waals surface area contributed by atoms with E-state index in [1.165, 1.54) is 0 Å². The van der Waals surface area contributed by atoms with Crippen molar-refractivity contribution in [1.82, 2.24) is 19.9 Å². The summed E-state index contributed by atoms with van der Waals surface area (Å²) < 4.78 is 0. The lowest BCUT2D eigenvalue weighted by Crippen LogP contribution is -2.26. The first-order valence-corrected chi connectivity index (χ1v) is 11.1. The molecule has 1 aliphatic rings. The van der Waals surface area contributed by atoms with E-state index in [1.807, 2.05) is 72.8 Å². The summed E-state index contributed by atoms with van der Waals surface area (Å²) in [4.78, 5) is 24.0. The van der Waals surface area contributed by atoms with Crippen LogP contribution in [-0.4, -0.2) is 19.9 Å². The molecule has 6 heteroatoms. The van der Waals surface area contributed by atoms with E-state index in [-0.39, 0.29) is 0 Å². The summed E-state index contributed by atoms with van der Waals surface area (Å²) in [7, 11) is 0. The van der Waals surface area contributed by atoms with Gasteiger partial charge in [-0.15, -0.1) is 0 Å². The van der Waals surface area contributed by atoms with Gasteiger partial charge in [0.25, 0.3) is 0 Å². The van der Waals surface area contributed by atoms with Crippen LogP contribution in [0, 0.1) is 0 Å². The average molecular weight is 438 g/mol. The van der Waals surface area contributed by atoms with E-state index >= 15 is 0 Å². The van der Waals surface area contributed by atoms with E-state index in [2.05, 4.69) is 46.2 Å². The minimum absolute atomic E-state index is 0.519. The lowest BCUT2D eigenvalue weighted by molar-refractivity contribution is 1.06. The third kappa shape index (κ3) is 2.82. The highest BCUT2D eigenvalue weighted by Crippen LogP contribution is 2.52. The second-order valence-corrected chi connectivity index (χ2v) is 8.06. The third-order valence-corrected chi connectivity index (χ3v) is 5.97. The van der Waals surface area contributed by atoms with Crippen LogP contribution in [0.1, 0.15) is 0 Å². The highest BCUT2D eigenvalue weighted by Gasteiger charge is 2.33. The monoisotopic (exact) mass is 438 g/mol. The molecule has 0 saturated heterocycles. The molecule has 3 heterocycles.